The molecule has 9 heteroatoms. The highest BCUT2D eigenvalue weighted by atomic mass is 32.1. The number of thiocarbonyl (C=S) groups is 1. The number of carbonyl (C=O) groups is 2. The highest BCUT2D eigenvalue weighted by Gasteiger charge is 2.31. The molecule has 7 nitrogen and oxygen atoms in total. The minimum atomic E-state index is -0.389. The number of anilines is 2. The molecule has 2 aromatic rings. The molecule has 0 unspecified atom stereocenters. The van der Waals surface area contributed by atoms with E-state index in [9.17, 15) is 9.59 Å². The summed E-state index contributed by atoms with van der Waals surface area (Å²) in [5, 5.41) is 7.23. The Morgan fingerprint density at radius 2 is 1.86 bits per heavy atom. The van der Waals surface area contributed by atoms with Crippen LogP contribution in [-0.4, -0.2) is 41.8 Å². The van der Waals surface area contributed by atoms with Crippen molar-refractivity contribution < 1.29 is 19.1 Å². The predicted octanol–water partition coefficient (Wildman–Crippen LogP) is 4.25. The van der Waals surface area contributed by atoms with Crippen molar-refractivity contribution in [3.63, 3.8) is 0 Å². The van der Waals surface area contributed by atoms with E-state index >= 15 is 0 Å². The van der Waals surface area contributed by atoms with Crippen LogP contribution in [0, 0.1) is 0 Å². The Balaban J connectivity index is 1.83. The number of amides is 1. The zero-order valence-corrected chi connectivity index (χ0v) is 18.0. The standard InChI is InChI=1S/C20H23N3O4S2/c1-3-26-18(24)16-14-10-11-23(20(25)27-4-2)12-15(14)29-17(16)22-19(28)21-13-8-6-5-7-9-13/h5-9H,3-4,10-12H2,1-2H3,(H2,21,22,28). The Bertz CT molecular complexity index is 899. The maximum Gasteiger partial charge on any atom is 0.410 e. The van der Waals surface area contributed by atoms with Gasteiger partial charge in [0.25, 0.3) is 0 Å². The average molecular weight is 434 g/mol. The third-order valence-corrected chi connectivity index (χ3v) is 5.66. The second-order valence-electron chi connectivity index (χ2n) is 6.24. The van der Waals surface area contributed by atoms with E-state index in [1.54, 1.807) is 18.7 Å². The Morgan fingerprint density at radius 1 is 1.14 bits per heavy atom. The molecule has 29 heavy (non-hydrogen) atoms. The van der Waals surface area contributed by atoms with Crippen molar-refractivity contribution in [3.8, 4) is 0 Å². The topological polar surface area (TPSA) is 79.9 Å². The van der Waals surface area contributed by atoms with Crippen molar-refractivity contribution >= 4 is 51.4 Å². The number of esters is 1. The number of ether oxygens (including phenoxy) is 2. The Hall–Kier alpha value is -2.65. The number of nitrogens with zero attached hydrogens (tertiary/aromatic N) is 1. The molecule has 1 aromatic carbocycles. The Labute approximate surface area is 179 Å². The first-order valence-corrected chi connectivity index (χ1v) is 10.6. The van der Waals surface area contributed by atoms with Crippen molar-refractivity contribution in [2.45, 2.75) is 26.8 Å². The molecular formula is C20H23N3O4S2. The fraction of sp³-hybridized carbons (Fsp3) is 0.350. The minimum Gasteiger partial charge on any atom is -0.462 e. The molecule has 0 saturated heterocycles. The summed E-state index contributed by atoms with van der Waals surface area (Å²) in [4.78, 5) is 27.3. The molecule has 2 N–H and O–H groups in total. The maximum absolute atomic E-state index is 12.6. The van der Waals surface area contributed by atoms with Gasteiger partial charge in [0, 0.05) is 17.1 Å². The first-order chi connectivity index (χ1) is 14.0. The summed E-state index contributed by atoms with van der Waals surface area (Å²) < 4.78 is 10.4. The van der Waals surface area contributed by atoms with Crippen LogP contribution in [0.15, 0.2) is 30.3 Å². The number of benzene rings is 1. The number of fused-ring (bicyclic) bond motifs is 1. The molecule has 0 fully saturated rings. The third-order valence-electron chi connectivity index (χ3n) is 4.32. The highest BCUT2D eigenvalue weighted by Crippen LogP contribution is 2.38. The summed E-state index contributed by atoms with van der Waals surface area (Å²) in [7, 11) is 0. The Morgan fingerprint density at radius 3 is 2.55 bits per heavy atom. The lowest BCUT2D eigenvalue weighted by atomic mass is 10.0. The molecule has 154 valence electrons. The summed E-state index contributed by atoms with van der Waals surface area (Å²) in [6.07, 6.45) is 0.208. The molecule has 1 aliphatic heterocycles. The van der Waals surface area contributed by atoms with E-state index in [0.29, 0.717) is 41.8 Å². The van der Waals surface area contributed by atoms with Gasteiger partial charge in [0.2, 0.25) is 0 Å². The number of carbonyl (C=O) groups excluding carboxylic acids is 2. The Kier molecular flexibility index (Phi) is 7.05. The van der Waals surface area contributed by atoms with E-state index in [-0.39, 0.29) is 18.7 Å². The average Bonchev–Trinajstić information content (AvgIpc) is 3.05. The number of hydrogen-bond acceptors (Lipinski definition) is 6. The number of thiophene rings is 1. The van der Waals surface area contributed by atoms with Crippen LogP contribution in [0.3, 0.4) is 0 Å². The van der Waals surface area contributed by atoms with Crippen LogP contribution in [0.4, 0.5) is 15.5 Å². The monoisotopic (exact) mass is 433 g/mol. The van der Waals surface area contributed by atoms with E-state index in [2.05, 4.69) is 10.6 Å². The van der Waals surface area contributed by atoms with E-state index < -0.39 is 0 Å². The molecule has 0 atom stereocenters. The number of rotatable bonds is 5. The second-order valence-corrected chi connectivity index (χ2v) is 7.76. The van der Waals surface area contributed by atoms with Crippen LogP contribution in [0.25, 0.3) is 0 Å². The molecule has 2 heterocycles. The van der Waals surface area contributed by atoms with Gasteiger partial charge in [-0.1, -0.05) is 18.2 Å². The first-order valence-electron chi connectivity index (χ1n) is 9.39. The normalized spacial score (nSPS) is 12.7. The van der Waals surface area contributed by atoms with Gasteiger partial charge in [0.05, 0.1) is 25.3 Å². The van der Waals surface area contributed by atoms with Gasteiger partial charge < -0.3 is 25.0 Å². The fourth-order valence-electron chi connectivity index (χ4n) is 3.07. The van der Waals surface area contributed by atoms with Crippen LogP contribution >= 0.6 is 23.6 Å². The molecule has 3 rings (SSSR count). The molecule has 0 aliphatic carbocycles. The van der Waals surface area contributed by atoms with Crippen molar-refractivity contribution in [1.29, 1.82) is 0 Å². The largest absolute Gasteiger partial charge is 0.462 e. The summed E-state index contributed by atoms with van der Waals surface area (Å²) >= 11 is 6.82. The summed E-state index contributed by atoms with van der Waals surface area (Å²) in [6, 6.07) is 9.53. The zero-order chi connectivity index (χ0) is 20.8. The second kappa shape index (κ2) is 9.71. The summed E-state index contributed by atoms with van der Waals surface area (Å²) in [6.45, 7) is 5.04. The molecule has 1 aliphatic rings. The molecule has 0 bridgehead atoms. The van der Waals surface area contributed by atoms with Crippen molar-refractivity contribution in [1.82, 2.24) is 4.90 Å². The van der Waals surface area contributed by atoms with Gasteiger partial charge in [-0.2, -0.15) is 0 Å². The number of hydrogen-bond donors (Lipinski definition) is 2. The third kappa shape index (κ3) is 5.04. The fourth-order valence-corrected chi connectivity index (χ4v) is 4.61. The smallest absolute Gasteiger partial charge is 0.410 e. The molecule has 0 spiro atoms. The lowest BCUT2D eigenvalue weighted by Crippen LogP contribution is -2.36. The number of nitrogens with one attached hydrogen (secondary N) is 2. The quantitative estimate of drug-likeness (QED) is 0.539. The van der Waals surface area contributed by atoms with Gasteiger partial charge in [0.15, 0.2) is 5.11 Å². The SMILES string of the molecule is CCOC(=O)c1c(NC(=S)Nc2ccccc2)sc2c1CCN(C(=O)OCC)C2. The lowest BCUT2D eigenvalue weighted by Gasteiger charge is -2.26. The number of para-hydroxylation sites is 1. The zero-order valence-electron chi connectivity index (χ0n) is 16.3. The van der Waals surface area contributed by atoms with Gasteiger partial charge in [-0.05, 0) is 50.2 Å². The molecule has 0 saturated carbocycles. The van der Waals surface area contributed by atoms with E-state index in [1.807, 2.05) is 30.3 Å². The van der Waals surface area contributed by atoms with Gasteiger partial charge in [-0.15, -0.1) is 11.3 Å². The van der Waals surface area contributed by atoms with Gasteiger partial charge in [0.1, 0.15) is 5.00 Å². The van der Waals surface area contributed by atoms with E-state index in [4.69, 9.17) is 21.7 Å². The minimum absolute atomic E-state index is 0.282. The van der Waals surface area contributed by atoms with Gasteiger partial charge in [-0.25, -0.2) is 9.59 Å². The van der Waals surface area contributed by atoms with Crippen LogP contribution < -0.4 is 10.6 Å². The molecule has 1 amide bonds. The van der Waals surface area contributed by atoms with Crippen LogP contribution in [0.1, 0.15) is 34.6 Å². The summed E-state index contributed by atoms with van der Waals surface area (Å²) in [5.41, 5.74) is 2.24. The summed E-state index contributed by atoms with van der Waals surface area (Å²) in [5.74, 6) is -0.389. The van der Waals surface area contributed by atoms with Crippen molar-refractivity contribution in [2.24, 2.45) is 0 Å². The lowest BCUT2D eigenvalue weighted by molar-refractivity contribution is 0.0526. The van der Waals surface area contributed by atoms with Crippen LogP contribution in [0.5, 0.6) is 0 Å². The van der Waals surface area contributed by atoms with Crippen LogP contribution in [-0.2, 0) is 22.4 Å². The predicted molar refractivity (Wildman–Crippen MR) is 118 cm³/mol. The highest BCUT2D eigenvalue weighted by molar-refractivity contribution is 7.80. The van der Waals surface area contributed by atoms with E-state index in [1.165, 1.54) is 11.3 Å². The van der Waals surface area contributed by atoms with Crippen LogP contribution in [0.2, 0.25) is 0 Å². The molecule has 0 radical (unpaired) electrons. The van der Waals surface area contributed by atoms with E-state index in [0.717, 1.165) is 16.1 Å². The maximum atomic E-state index is 12.6. The van der Waals surface area contributed by atoms with Gasteiger partial charge in [-0.3, -0.25) is 0 Å². The van der Waals surface area contributed by atoms with Gasteiger partial charge >= 0.3 is 12.1 Å². The molecular weight excluding hydrogens is 410 g/mol. The van der Waals surface area contributed by atoms with Crippen molar-refractivity contribution in [3.05, 3.63) is 46.3 Å². The molecule has 1 aromatic heterocycles. The first kappa shape index (κ1) is 21.1. The van der Waals surface area contributed by atoms with Crippen molar-refractivity contribution in [2.75, 3.05) is 30.4 Å².